The molecule has 1 unspecified atom stereocenters. The molecule has 2 aromatic rings. The van der Waals surface area contributed by atoms with E-state index in [1.807, 2.05) is 66.7 Å². The van der Waals surface area contributed by atoms with Gasteiger partial charge in [-0.3, -0.25) is 0 Å². The average Bonchev–Trinajstić information content (AvgIpc) is 3.09. The second kappa shape index (κ2) is 9.73. The van der Waals surface area contributed by atoms with Gasteiger partial charge in [0.25, 0.3) is 0 Å². The Bertz CT molecular complexity index is 853. The summed E-state index contributed by atoms with van der Waals surface area (Å²) in [5.74, 6) is 0. The van der Waals surface area contributed by atoms with Gasteiger partial charge in [0, 0.05) is 29.8 Å². The Kier molecular flexibility index (Phi) is 8.02. The lowest BCUT2D eigenvalue weighted by Gasteiger charge is -2.26. The molecule has 1 amide bonds. The van der Waals surface area contributed by atoms with Crippen LogP contribution in [0.5, 0.6) is 0 Å². The molecule has 0 aliphatic heterocycles. The summed E-state index contributed by atoms with van der Waals surface area (Å²) in [6, 6.07) is 10.2. The molecule has 2 atom stereocenters. The lowest BCUT2D eigenvalue weighted by atomic mass is 10.0. The summed E-state index contributed by atoms with van der Waals surface area (Å²) >= 11 is 0.514. The molecule has 1 N–H and O–H groups in total. The van der Waals surface area contributed by atoms with Crippen molar-refractivity contribution in [3.63, 3.8) is 0 Å². The van der Waals surface area contributed by atoms with Crippen molar-refractivity contribution in [1.29, 1.82) is 0 Å². The number of benzene rings is 1. The molecule has 7 heteroatoms. The van der Waals surface area contributed by atoms with Crippen molar-refractivity contribution in [3.8, 4) is 11.1 Å². The Hall–Kier alpha value is -1.54. The highest BCUT2D eigenvalue weighted by Crippen LogP contribution is 2.32. The number of nitrogens with one attached hydrogen (secondary N) is 1. The summed E-state index contributed by atoms with van der Waals surface area (Å²) in [5.41, 5.74) is 2.70. The zero-order valence-corrected chi connectivity index (χ0v) is 20.9. The van der Waals surface area contributed by atoms with Gasteiger partial charge in [0.1, 0.15) is 10.3 Å². The number of nitrogens with zero attached hydrogens (tertiary/aromatic N) is 1. The molecular formula is C23H34N2O3S2. The average molecular weight is 451 g/mol. The van der Waals surface area contributed by atoms with Crippen LogP contribution in [0.3, 0.4) is 0 Å². The van der Waals surface area contributed by atoms with E-state index >= 15 is 0 Å². The molecule has 0 fully saturated rings. The summed E-state index contributed by atoms with van der Waals surface area (Å²) < 4.78 is 20.8. The number of ether oxygens (including phenoxy) is 1. The fourth-order valence-corrected chi connectivity index (χ4v) is 4.51. The Balaban J connectivity index is 2.17. The van der Waals surface area contributed by atoms with Gasteiger partial charge < -0.3 is 14.2 Å². The highest BCUT2D eigenvalue weighted by molar-refractivity contribution is 7.90. The molecule has 0 aliphatic carbocycles. The monoisotopic (exact) mass is 450 g/mol. The first kappa shape index (κ1) is 24.7. The van der Waals surface area contributed by atoms with Crippen LogP contribution in [0, 0.1) is 0 Å². The highest BCUT2D eigenvalue weighted by Gasteiger charge is 2.29. The maximum Gasteiger partial charge on any atom is 0.410 e. The maximum atomic E-state index is 12.4. The van der Waals surface area contributed by atoms with E-state index in [9.17, 15) is 9.35 Å². The van der Waals surface area contributed by atoms with Gasteiger partial charge >= 0.3 is 6.09 Å². The van der Waals surface area contributed by atoms with Crippen molar-refractivity contribution in [2.45, 2.75) is 71.4 Å². The van der Waals surface area contributed by atoms with Gasteiger partial charge in [-0.25, -0.2) is 4.79 Å². The minimum Gasteiger partial charge on any atom is -0.598 e. The molecule has 0 saturated carbocycles. The van der Waals surface area contributed by atoms with E-state index in [1.54, 1.807) is 23.3 Å². The van der Waals surface area contributed by atoms with Gasteiger partial charge in [-0.05, 0) is 76.6 Å². The van der Waals surface area contributed by atoms with Crippen molar-refractivity contribution in [3.05, 3.63) is 46.2 Å². The maximum absolute atomic E-state index is 12.4. The number of thiophene rings is 1. The smallest absolute Gasteiger partial charge is 0.410 e. The number of carbonyl (C=O) groups excluding carboxylic acids is 1. The fourth-order valence-electron chi connectivity index (χ4n) is 2.72. The Morgan fingerprint density at radius 1 is 1.23 bits per heavy atom. The third kappa shape index (κ3) is 7.01. The quantitative estimate of drug-likeness (QED) is 0.557. The van der Waals surface area contributed by atoms with Crippen LogP contribution in [0.1, 0.15) is 64.9 Å². The number of amides is 1. The van der Waals surface area contributed by atoms with Crippen LogP contribution in [-0.2, 0) is 22.6 Å². The van der Waals surface area contributed by atoms with E-state index < -0.39 is 17.0 Å². The van der Waals surface area contributed by atoms with E-state index in [0.717, 1.165) is 21.6 Å². The van der Waals surface area contributed by atoms with Crippen LogP contribution in [0.25, 0.3) is 11.1 Å². The molecule has 2 rings (SSSR count). The summed E-state index contributed by atoms with van der Waals surface area (Å²) in [6.45, 7) is 13.9. The zero-order valence-electron chi connectivity index (χ0n) is 19.2. The van der Waals surface area contributed by atoms with Crippen LogP contribution in [0.2, 0.25) is 0 Å². The van der Waals surface area contributed by atoms with Crippen LogP contribution < -0.4 is 4.72 Å². The van der Waals surface area contributed by atoms with Crippen molar-refractivity contribution < 1.29 is 14.1 Å². The number of hydrogen-bond acceptors (Lipinski definition) is 5. The van der Waals surface area contributed by atoms with Gasteiger partial charge in [-0.1, -0.05) is 24.3 Å². The lowest BCUT2D eigenvalue weighted by Crippen LogP contribution is -2.40. The molecule has 0 radical (unpaired) electrons. The first-order valence-electron chi connectivity index (χ1n) is 10.1. The molecule has 1 heterocycles. The SMILES string of the molecule is C[C@@H](N[S+]([O-])C(C)(C)C)c1cc(-c2ccccc2CN(C)C(=O)OC(C)(C)C)cs1. The molecule has 0 aliphatic rings. The molecule has 0 spiro atoms. The van der Waals surface area contributed by atoms with Crippen LogP contribution in [0.15, 0.2) is 35.7 Å². The normalized spacial score (nSPS) is 14.3. The van der Waals surface area contributed by atoms with Crippen molar-refractivity contribution in [2.24, 2.45) is 0 Å². The summed E-state index contributed by atoms with van der Waals surface area (Å²) in [5, 5.41) is 2.11. The van der Waals surface area contributed by atoms with Gasteiger partial charge in [-0.15, -0.1) is 16.1 Å². The molecule has 1 aromatic carbocycles. The zero-order chi connectivity index (χ0) is 22.7. The second-order valence-electron chi connectivity index (χ2n) is 9.45. The standard InChI is InChI=1S/C23H34N2O3S2/c1-16(24-30(27)23(5,6)7)20-13-18(15-29-20)19-12-10-9-11-17(19)14-25(8)21(26)28-22(2,3)4/h9-13,15-16,24H,14H2,1-8H3/t16-,30?/m1/s1. The second-order valence-corrected chi connectivity index (χ2v) is 12.4. The minimum absolute atomic E-state index is 0.0135. The summed E-state index contributed by atoms with van der Waals surface area (Å²) in [4.78, 5) is 15.1. The molecule has 166 valence electrons. The van der Waals surface area contributed by atoms with Crippen molar-refractivity contribution >= 4 is 28.8 Å². The van der Waals surface area contributed by atoms with E-state index in [2.05, 4.69) is 22.2 Å². The first-order chi connectivity index (χ1) is 13.8. The van der Waals surface area contributed by atoms with Crippen molar-refractivity contribution in [1.82, 2.24) is 9.62 Å². The van der Waals surface area contributed by atoms with E-state index in [-0.39, 0.29) is 16.9 Å². The summed E-state index contributed by atoms with van der Waals surface area (Å²) in [7, 11) is 1.75. The lowest BCUT2D eigenvalue weighted by molar-refractivity contribution is 0.0285. The third-order valence-electron chi connectivity index (χ3n) is 4.33. The molecular weight excluding hydrogens is 416 g/mol. The van der Waals surface area contributed by atoms with Crippen LogP contribution in [0.4, 0.5) is 4.79 Å². The fraction of sp³-hybridized carbons (Fsp3) is 0.522. The van der Waals surface area contributed by atoms with Gasteiger partial charge in [-0.2, -0.15) is 0 Å². The number of rotatable bonds is 6. The van der Waals surface area contributed by atoms with Crippen LogP contribution >= 0.6 is 11.3 Å². The first-order valence-corrected chi connectivity index (χ1v) is 12.1. The Labute approximate surface area is 188 Å². The third-order valence-corrected chi connectivity index (χ3v) is 7.12. The van der Waals surface area contributed by atoms with E-state index in [1.165, 1.54) is 0 Å². The summed E-state index contributed by atoms with van der Waals surface area (Å²) in [6.07, 6.45) is -0.342. The molecule has 5 nitrogen and oxygen atoms in total. The Morgan fingerprint density at radius 3 is 2.47 bits per heavy atom. The predicted octanol–water partition coefficient (Wildman–Crippen LogP) is 5.89. The Morgan fingerprint density at radius 2 is 1.87 bits per heavy atom. The highest BCUT2D eigenvalue weighted by atomic mass is 32.2. The minimum atomic E-state index is -1.13. The molecule has 1 aromatic heterocycles. The van der Waals surface area contributed by atoms with Gasteiger partial charge in [0.05, 0.1) is 6.04 Å². The van der Waals surface area contributed by atoms with Gasteiger partial charge in [0.2, 0.25) is 0 Å². The molecule has 0 saturated heterocycles. The number of carbonyl (C=O) groups is 1. The van der Waals surface area contributed by atoms with E-state index in [0.29, 0.717) is 6.54 Å². The van der Waals surface area contributed by atoms with E-state index in [4.69, 9.17) is 4.74 Å². The molecule has 30 heavy (non-hydrogen) atoms. The van der Waals surface area contributed by atoms with Gasteiger partial charge in [0.15, 0.2) is 0 Å². The largest absolute Gasteiger partial charge is 0.598 e. The molecule has 0 bridgehead atoms. The van der Waals surface area contributed by atoms with Crippen molar-refractivity contribution in [2.75, 3.05) is 7.05 Å². The number of hydrogen-bond donors (Lipinski definition) is 1. The topological polar surface area (TPSA) is 64.6 Å². The predicted molar refractivity (Wildman–Crippen MR) is 127 cm³/mol. The van der Waals surface area contributed by atoms with Crippen LogP contribution in [-0.4, -0.2) is 32.9 Å².